The van der Waals surface area contributed by atoms with Gasteiger partial charge in [0.15, 0.2) is 0 Å². The topological polar surface area (TPSA) is 139 Å². The molecule has 12 nitrogen and oxygen atoms in total. The summed E-state index contributed by atoms with van der Waals surface area (Å²) < 4.78 is 4.37. The van der Waals surface area contributed by atoms with E-state index in [-0.39, 0.29) is 0 Å². The van der Waals surface area contributed by atoms with Crippen LogP contribution in [0, 0.1) is 0 Å². The zero-order valence-corrected chi connectivity index (χ0v) is 48.1. The second kappa shape index (κ2) is 21.8. The summed E-state index contributed by atoms with van der Waals surface area (Å²) in [7, 11) is 0. The largest absolute Gasteiger partial charge is 0.292 e. The summed E-state index contributed by atoms with van der Waals surface area (Å²) in [5.41, 5.74) is 19.0. The van der Waals surface area contributed by atoms with E-state index in [1.165, 1.54) is 26.9 Å². The molecular formula is C78H48N12. The average molecular weight is 1150 g/mol. The van der Waals surface area contributed by atoms with Crippen molar-refractivity contribution in [3.63, 3.8) is 0 Å². The van der Waals surface area contributed by atoms with Gasteiger partial charge >= 0.3 is 0 Å². The van der Waals surface area contributed by atoms with E-state index in [2.05, 4.69) is 182 Å². The van der Waals surface area contributed by atoms with Crippen LogP contribution in [0.5, 0.6) is 0 Å². The molecule has 0 unspecified atom stereocenters. The minimum absolute atomic E-state index is 0.767. The molecule has 0 amide bonds. The summed E-state index contributed by atoms with van der Waals surface area (Å²) >= 11 is 0. The van der Waals surface area contributed by atoms with Gasteiger partial charge in [0, 0.05) is 105 Å². The van der Waals surface area contributed by atoms with Crippen LogP contribution in [0.4, 0.5) is 0 Å². The molecule has 0 N–H and O–H groups in total. The Morgan fingerprint density at radius 1 is 0.256 bits per heavy atom. The van der Waals surface area contributed by atoms with Crippen molar-refractivity contribution in [2.45, 2.75) is 0 Å². The Hall–Kier alpha value is -12.5. The Bertz CT molecular complexity index is 5360. The van der Waals surface area contributed by atoms with Crippen LogP contribution in [0.2, 0.25) is 0 Å². The molecule has 6 aromatic carbocycles. The van der Waals surface area contributed by atoms with Gasteiger partial charge in [-0.25, -0.2) is 19.9 Å². The summed E-state index contributed by atoms with van der Waals surface area (Å²) in [5.74, 6) is 0.802. The molecule has 0 spiro atoms. The van der Waals surface area contributed by atoms with Crippen molar-refractivity contribution >= 4 is 87.2 Å². The predicted octanol–water partition coefficient (Wildman–Crippen LogP) is 18.1. The van der Waals surface area contributed by atoms with Crippen LogP contribution in [0.25, 0.3) is 166 Å². The highest BCUT2D eigenvalue weighted by Crippen LogP contribution is 2.41. The first-order valence-electron chi connectivity index (χ1n) is 29.6. The predicted molar refractivity (Wildman–Crippen MR) is 362 cm³/mol. The molecule has 90 heavy (non-hydrogen) atoms. The molecule has 0 aliphatic rings. The number of hydrogen-bond donors (Lipinski definition) is 0. The van der Waals surface area contributed by atoms with Crippen molar-refractivity contribution in [3.05, 3.63) is 292 Å². The van der Waals surface area contributed by atoms with Crippen molar-refractivity contribution in [1.82, 2.24) is 59.0 Å². The SMILES string of the molecule is c1cc(-c2cc(-c3cc4cccnc4c4ncccc34)cc(-c3ccncc3)n2)nc(-n2c3ccccc3c3ncccc32)c1.c1cncc(-c2cc(-c3cncc(-n4c5ccccc5c5cccnc54)c3)cc(-c3cc4ccccc4c4ccccc34)n2)c1. The Kier molecular flexibility index (Phi) is 12.5. The molecule has 0 saturated heterocycles. The number of aromatic nitrogens is 12. The van der Waals surface area contributed by atoms with Gasteiger partial charge in [-0.2, -0.15) is 0 Å². The number of para-hydroxylation sites is 2. The van der Waals surface area contributed by atoms with Gasteiger partial charge in [-0.3, -0.25) is 39.0 Å². The fourth-order valence-corrected chi connectivity index (χ4v) is 12.8. The highest BCUT2D eigenvalue weighted by Gasteiger charge is 2.20. The molecule has 0 atom stereocenters. The van der Waals surface area contributed by atoms with Gasteiger partial charge in [0.25, 0.3) is 0 Å². The number of rotatable bonds is 8. The van der Waals surface area contributed by atoms with Gasteiger partial charge in [-0.15, -0.1) is 0 Å². The molecule has 0 saturated carbocycles. The highest BCUT2D eigenvalue weighted by atomic mass is 15.1. The van der Waals surface area contributed by atoms with Crippen LogP contribution in [0.1, 0.15) is 0 Å². The molecule has 420 valence electrons. The molecule has 0 aliphatic heterocycles. The van der Waals surface area contributed by atoms with E-state index in [0.29, 0.717) is 0 Å². The average Bonchev–Trinajstić information content (AvgIpc) is 1.38. The van der Waals surface area contributed by atoms with Crippen molar-refractivity contribution in [2.24, 2.45) is 0 Å². The normalized spacial score (nSPS) is 11.6. The van der Waals surface area contributed by atoms with E-state index in [1.807, 2.05) is 116 Å². The van der Waals surface area contributed by atoms with Crippen molar-refractivity contribution in [3.8, 4) is 78.9 Å². The van der Waals surface area contributed by atoms with Crippen LogP contribution in [-0.4, -0.2) is 59.0 Å². The fourth-order valence-electron chi connectivity index (χ4n) is 12.8. The van der Waals surface area contributed by atoms with Crippen LogP contribution in [0.15, 0.2) is 292 Å². The highest BCUT2D eigenvalue weighted by molar-refractivity contribution is 6.14. The van der Waals surface area contributed by atoms with Gasteiger partial charge < -0.3 is 0 Å². The maximum absolute atomic E-state index is 5.23. The molecule has 0 fully saturated rings. The summed E-state index contributed by atoms with van der Waals surface area (Å²) in [6.07, 6.45) is 18.4. The summed E-state index contributed by atoms with van der Waals surface area (Å²) in [4.78, 5) is 47.8. The smallest absolute Gasteiger partial charge is 0.145 e. The molecule has 0 bridgehead atoms. The first-order valence-corrected chi connectivity index (χ1v) is 29.6. The third-order valence-electron chi connectivity index (χ3n) is 16.8. The molecule has 12 heterocycles. The minimum Gasteiger partial charge on any atom is -0.292 e. The summed E-state index contributed by atoms with van der Waals surface area (Å²) in [5, 5.41) is 10.2. The first kappa shape index (κ1) is 51.8. The summed E-state index contributed by atoms with van der Waals surface area (Å²) in [6.45, 7) is 0. The second-order valence-electron chi connectivity index (χ2n) is 22.1. The van der Waals surface area contributed by atoms with Gasteiger partial charge in [0.05, 0.1) is 73.5 Å². The van der Waals surface area contributed by atoms with Crippen LogP contribution < -0.4 is 0 Å². The molecule has 18 rings (SSSR count). The molecule has 0 radical (unpaired) electrons. The third kappa shape index (κ3) is 9.01. The molecular weight excluding hydrogens is 1100 g/mol. The Labute approximate surface area is 514 Å². The molecule has 12 heteroatoms. The van der Waals surface area contributed by atoms with E-state index in [9.17, 15) is 0 Å². The minimum atomic E-state index is 0.767. The lowest BCUT2D eigenvalue weighted by molar-refractivity contribution is 1.08. The van der Waals surface area contributed by atoms with Gasteiger partial charge in [-0.05, 0) is 166 Å². The lowest BCUT2D eigenvalue weighted by atomic mass is 9.94. The van der Waals surface area contributed by atoms with Crippen LogP contribution >= 0.6 is 0 Å². The molecule has 18 aromatic rings. The number of pyridine rings is 10. The van der Waals surface area contributed by atoms with Crippen LogP contribution in [0.3, 0.4) is 0 Å². The van der Waals surface area contributed by atoms with E-state index >= 15 is 0 Å². The lowest BCUT2D eigenvalue weighted by Gasteiger charge is -2.14. The quantitative estimate of drug-likeness (QED) is 0.135. The summed E-state index contributed by atoms with van der Waals surface area (Å²) in [6, 6.07) is 79.4. The maximum Gasteiger partial charge on any atom is 0.145 e. The van der Waals surface area contributed by atoms with E-state index in [1.54, 1.807) is 18.6 Å². The van der Waals surface area contributed by atoms with Crippen molar-refractivity contribution in [2.75, 3.05) is 0 Å². The van der Waals surface area contributed by atoms with Gasteiger partial charge in [0.2, 0.25) is 0 Å². The number of hydrogen-bond acceptors (Lipinski definition) is 10. The first-order chi connectivity index (χ1) is 44.6. The van der Waals surface area contributed by atoms with Gasteiger partial charge in [0.1, 0.15) is 11.5 Å². The third-order valence-corrected chi connectivity index (χ3v) is 16.8. The van der Waals surface area contributed by atoms with E-state index in [0.717, 1.165) is 139 Å². The monoisotopic (exact) mass is 1150 g/mol. The Morgan fingerprint density at radius 2 is 0.867 bits per heavy atom. The second-order valence-corrected chi connectivity index (χ2v) is 22.1. The standard InChI is InChI=1S/C40H25N5.C38H23N7/c1-2-11-31-26(9-1)20-36(33-13-4-3-12-32(31)33)38-22-28(21-37(44-38)27-10-7-17-41-23-27)29-19-30(25-42-24-29)45-39-16-6-5-14-34(39)35-15-8-18-43-40(35)45;1-2-11-33-28(8-1)37-34(12-6-18-41-37)45(33)35-13-3-10-30(44-35)32-23-26(22-31(43-32)24-14-19-39-20-15-24)29-21-25-7-4-16-40-36(25)38-27(29)9-5-17-42-38/h1-25H;1-23H. The maximum atomic E-state index is 5.23. The van der Waals surface area contributed by atoms with E-state index < -0.39 is 0 Å². The zero-order valence-electron chi connectivity index (χ0n) is 48.1. The Morgan fingerprint density at radius 3 is 1.72 bits per heavy atom. The van der Waals surface area contributed by atoms with Gasteiger partial charge in [-0.1, -0.05) is 103 Å². The lowest BCUT2D eigenvalue weighted by Crippen LogP contribution is -2.00. The number of benzene rings is 6. The zero-order chi connectivity index (χ0) is 59.5. The van der Waals surface area contributed by atoms with Crippen LogP contribution in [-0.2, 0) is 0 Å². The number of nitrogens with zero attached hydrogens (tertiary/aromatic N) is 12. The van der Waals surface area contributed by atoms with E-state index in [4.69, 9.17) is 34.9 Å². The fraction of sp³-hybridized carbons (Fsp3) is 0. The molecule has 12 aromatic heterocycles. The van der Waals surface area contributed by atoms with Crippen molar-refractivity contribution in [1.29, 1.82) is 0 Å². The molecule has 0 aliphatic carbocycles. The number of fused-ring (bicyclic) bond motifs is 12. The Balaban J connectivity index is 0.000000139. The van der Waals surface area contributed by atoms with Crippen molar-refractivity contribution < 1.29 is 0 Å².